The van der Waals surface area contributed by atoms with Crippen molar-refractivity contribution in [1.82, 2.24) is 19.7 Å². The third-order valence-electron chi connectivity index (χ3n) is 4.96. The zero-order valence-electron chi connectivity index (χ0n) is 12.5. The number of halogens is 1. The van der Waals surface area contributed by atoms with Crippen molar-refractivity contribution >= 4 is 38.6 Å². The molecular weight excluding hydrogens is 313 g/mol. The summed E-state index contributed by atoms with van der Waals surface area (Å²) in [6.07, 6.45) is 4.17. The molecule has 0 spiro atoms. The van der Waals surface area contributed by atoms with Crippen molar-refractivity contribution in [3.63, 3.8) is 0 Å². The number of pyridine rings is 2. The second-order valence-corrected chi connectivity index (χ2v) is 7.20. The second kappa shape index (κ2) is 5.07. The smallest absolute Gasteiger partial charge is 0.167 e. The number of nitrogens with zero attached hydrogens (tertiary/aromatic N) is 4. The van der Waals surface area contributed by atoms with E-state index in [0.29, 0.717) is 23.4 Å². The van der Waals surface area contributed by atoms with Gasteiger partial charge in [0, 0.05) is 29.9 Å². The molecule has 2 atom stereocenters. The lowest BCUT2D eigenvalue weighted by atomic mass is 9.94. The number of anilines is 1. The fraction of sp³-hybridized carbons (Fsp3) is 0.438. The lowest BCUT2D eigenvalue weighted by molar-refractivity contribution is 0.340. The zero-order chi connectivity index (χ0) is 15.4. The minimum atomic E-state index is -0.263. The minimum Gasteiger partial charge on any atom is -0.352 e. The fourth-order valence-electron chi connectivity index (χ4n) is 3.81. The summed E-state index contributed by atoms with van der Waals surface area (Å²) in [6, 6.07) is 3.92. The lowest BCUT2D eigenvalue weighted by Gasteiger charge is -2.24. The standard InChI is InChI=1S/C16H16FN5S/c17-12-5-10-4-11-6-19-23-16(11)21-14(10)20-15(12)22-7-9-2-1-3-18-13(9)8-22/h4-6,9,13,18H,1-3,7-8H2. The number of fused-ring (bicyclic) bond motifs is 3. The molecule has 118 valence electrons. The van der Waals surface area contributed by atoms with E-state index in [1.807, 2.05) is 6.07 Å². The Morgan fingerprint density at radius 1 is 1.22 bits per heavy atom. The number of hydrogen-bond donors (Lipinski definition) is 1. The summed E-state index contributed by atoms with van der Waals surface area (Å²) in [5.41, 5.74) is 0.598. The SMILES string of the molecule is Fc1cc2cc3cnsc3nc2nc1N1CC2CCCNC2C1. The van der Waals surface area contributed by atoms with Gasteiger partial charge < -0.3 is 10.2 Å². The van der Waals surface area contributed by atoms with E-state index in [2.05, 4.69) is 24.6 Å². The summed E-state index contributed by atoms with van der Waals surface area (Å²) in [5, 5.41) is 5.21. The number of hydrogen-bond acceptors (Lipinski definition) is 6. The first-order valence-corrected chi connectivity index (χ1v) is 8.75. The highest BCUT2D eigenvalue weighted by molar-refractivity contribution is 7.12. The second-order valence-electron chi connectivity index (χ2n) is 6.42. The number of piperidine rings is 1. The maximum atomic E-state index is 14.6. The molecule has 2 aliphatic heterocycles. The van der Waals surface area contributed by atoms with Crippen LogP contribution in [-0.2, 0) is 0 Å². The number of aromatic nitrogens is 3. The molecule has 7 heteroatoms. The molecule has 0 bridgehead atoms. The van der Waals surface area contributed by atoms with Crippen LogP contribution in [0, 0.1) is 11.7 Å². The maximum Gasteiger partial charge on any atom is 0.167 e. The molecule has 3 aromatic rings. The van der Waals surface area contributed by atoms with Crippen molar-refractivity contribution in [2.75, 3.05) is 24.5 Å². The predicted octanol–water partition coefficient (Wildman–Crippen LogP) is 2.57. The molecule has 2 saturated heterocycles. The molecule has 2 fully saturated rings. The van der Waals surface area contributed by atoms with E-state index in [1.54, 1.807) is 12.3 Å². The van der Waals surface area contributed by atoms with Crippen LogP contribution in [0.2, 0.25) is 0 Å². The van der Waals surface area contributed by atoms with Crippen molar-refractivity contribution in [2.45, 2.75) is 18.9 Å². The van der Waals surface area contributed by atoms with Gasteiger partial charge in [-0.2, -0.15) is 4.37 Å². The Morgan fingerprint density at radius 2 is 2.17 bits per heavy atom. The van der Waals surface area contributed by atoms with Gasteiger partial charge in [-0.15, -0.1) is 0 Å². The Balaban J connectivity index is 1.58. The highest BCUT2D eigenvalue weighted by atomic mass is 32.1. The first kappa shape index (κ1) is 13.6. The molecule has 0 saturated carbocycles. The lowest BCUT2D eigenvalue weighted by Crippen LogP contribution is -2.40. The summed E-state index contributed by atoms with van der Waals surface area (Å²) in [6.45, 7) is 2.76. The predicted molar refractivity (Wildman–Crippen MR) is 89.4 cm³/mol. The quantitative estimate of drug-likeness (QED) is 0.744. The van der Waals surface area contributed by atoms with E-state index < -0.39 is 0 Å². The van der Waals surface area contributed by atoms with Gasteiger partial charge in [0.2, 0.25) is 0 Å². The molecular formula is C16H16FN5S. The van der Waals surface area contributed by atoms with E-state index in [0.717, 1.165) is 35.2 Å². The third kappa shape index (κ3) is 2.18. The van der Waals surface area contributed by atoms with Crippen molar-refractivity contribution in [3.05, 3.63) is 24.1 Å². The minimum absolute atomic E-state index is 0.263. The van der Waals surface area contributed by atoms with Crippen LogP contribution >= 0.6 is 11.5 Å². The normalized spacial score (nSPS) is 24.5. The van der Waals surface area contributed by atoms with Crippen LogP contribution < -0.4 is 10.2 Å². The first-order valence-electron chi connectivity index (χ1n) is 7.98. The van der Waals surface area contributed by atoms with Crippen LogP contribution in [0.25, 0.3) is 21.3 Å². The Hall–Kier alpha value is -1.86. The topological polar surface area (TPSA) is 53.9 Å². The Bertz CT molecular complexity index is 881. The van der Waals surface area contributed by atoms with Crippen molar-refractivity contribution in [2.24, 2.45) is 5.92 Å². The number of nitrogens with one attached hydrogen (secondary N) is 1. The van der Waals surface area contributed by atoms with Crippen LogP contribution in [-0.4, -0.2) is 40.0 Å². The molecule has 0 aliphatic carbocycles. The van der Waals surface area contributed by atoms with Crippen LogP contribution in [0.15, 0.2) is 18.3 Å². The monoisotopic (exact) mass is 329 g/mol. The Kier molecular flexibility index (Phi) is 2.99. The van der Waals surface area contributed by atoms with Crippen LogP contribution in [0.3, 0.4) is 0 Å². The highest BCUT2D eigenvalue weighted by Gasteiger charge is 2.35. The van der Waals surface area contributed by atoms with Gasteiger partial charge in [-0.3, -0.25) is 0 Å². The van der Waals surface area contributed by atoms with Crippen LogP contribution in [0.4, 0.5) is 10.2 Å². The van der Waals surface area contributed by atoms with Gasteiger partial charge in [0.25, 0.3) is 0 Å². The third-order valence-corrected chi connectivity index (χ3v) is 5.67. The van der Waals surface area contributed by atoms with Gasteiger partial charge in [-0.1, -0.05) is 0 Å². The van der Waals surface area contributed by atoms with Crippen LogP contribution in [0.5, 0.6) is 0 Å². The van der Waals surface area contributed by atoms with E-state index in [4.69, 9.17) is 0 Å². The Labute approximate surface area is 136 Å². The average Bonchev–Trinajstić information content (AvgIpc) is 3.17. The molecule has 0 radical (unpaired) electrons. The maximum absolute atomic E-state index is 14.6. The Morgan fingerprint density at radius 3 is 3.09 bits per heavy atom. The molecule has 5 rings (SSSR count). The molecule has 5 heterocycles. The van der Waals surface area contributed by atoms with Crippen molar-refractivity contribution in [1.29, 1.82) is 0 Å². The van der Waals surface area contributed by atoms with E-state index in [-0.39, 0.29) is 5.82 Å². The molecule has 0 aromatic carbocycles. The van der Waals surface area contributed by atoms with E-state index in [9.17, 15) is 4.39 Å². The number of rotatable bonds is 1. The molecule has 3 aromatic heterocycles. The zero-order valence-corrected chi connectivity index (χ0v) is 13.3. The summed E-state index contributed by atoms with van der Waals surface area (Å²) < 4.78 is 18.7. The fourth-order valence-corrected chi connectivity index (χ4v) is 4.42. The molecule has 0 amide bonds. The summed E-state index contributed by atoms with van der Waals surface area (Å²) >= 11 is 1.34. The summed E-state index contributed by atoms with van der Waals surface area (Å²) in [7, 11) is 0. The summed E-state index contributed by atoms with van der Waals surface area (Å²) in [4.78, 5) is 12.0. The molecule has 2 aliphatic rings. The molecule has 1 N–H and O–H groups in total. The highest BCUT2D eigenvalue weighted by Crippen LogP contribution is 2.31. The van der Waals surface area contributed by atoms with Crippen molar-refractivity contribution < 1.29 is 4.39 Å². The average molecular weight is 329 g/mol. The van der Waals surface area contributed by atoms with E-state index >= 15 is 0 Å². The van der Waals surface area contributed by atoms with Gasteiger partial charge in [0.15, 0.2) is 17.3 Å². The van der Waals surface area contributed by atoms with Crippen molar-refractivity contribution in [3.8, 4) is 0 Å². The molecule has 5 nitrogen and oxygen atoms in total. The van der Waals surface area contributed by atoms with Crippen LogP contribution in [0.1, 0.15) is 12.8 Å². The van der Waals surface area contributed by atoms with E-state index in [1.165, 1.54) is 24.4 Å². The molecule has 2 unspecified atom stereocenters. The van der Waals surface area contributed by atoms with Gasteiger partial charge in [0.1, 0.15) is 4.83 Å². The van der Waals surface area contributed by atoms with Gasteiger partial charge in [-0.05, 0) is 49.0 Å². The van der Waals surface area contributed by atoms with Gasteiger partial charge in [-0.25, -0.2) is 14.4 Å². The van der Waals surface area contributed by atoms with Gasteiger partial charge >= 0.3 is 0 Å². The van der Waals surface area contributed by atoms with Gasteiger partial charge in [0.05, 0.1) is 6.20 Å². The largest absolute Gasteiger partial charge is 0.352 e. The molecule has 23 heavy (non-hydrogen) atoms. The summed E-state index contributed by atoms with van der Waals surface area (Å²) in [5.74, 6) is 0.767. The first-order chi connectivity index (χ1) is 11.3.